The average molecular weight is 372 g/mol. The number of phenolic OH excluding ortho intramolecular Hbond substituents is 1. The molecule has 2 aromatic carbocycles. The SMILES string of the molecule is CO.O=Nc1cc(CC(C(=O)O)N2C(=O)c3ccccc3C2=O)ccc1O. The maximum atomic E-state index is 12.5. The van der Waals surface area contributed by atoms with Crippen molar-refractivity contribution in [3.8, 4) is 5.75 Å². The highest BCUT2D eigenvalue weighted by Gasteiger charge is 2.42. The number of hydrogen-bond acceptors (Lipinski definition) is 7. The van der Waals surface area contributed by atoms with Crippen molar-refractivity contribution in [1.82, 2.24) is 4.90 Å². The summed E-state index contributed by atoms with van der Waals surface area (Å²) < 4.78 is 0. The number of hydrogen-bond donors (Lipinski definition) is 3. The molecule has 0 spiro atoms. The van der Waals surface area contributed by atoms with Crippen molar-refractivity contribution in [3.05, 3.63) is 64.1 Å². The van der Waals surface area contributed by atoms with Gasteiger partial charge in [0.1, 0.15) is 17.5 Å². The lowest BCUT2D eigenvalue weighted by atomic mass is 10.0. The number of amides is 2. The number of fused-ring (bicyclic) bond motifs is 1. The standard InChI is InChI=1S/C17H12N2O6.CH4O/c20-14-6-5-9(7-12(14)18-25)8-13(17(23)24)19-15(21)10-3-1-2-4-11(10)16(19)22;1-2/h1-7,13,20H,8H2,(H,23,24);2H,1H3. The molecule has 1 unspecified atom stereocenters. The summed E-state index contributed by atoms with van der Waals surface area (Å²) in [5.74, 6) is -3.06. The number of nitroso groups, excluding NO2 is 1. The van der Waals surface area contributed by atoms with Crippen molar-refractivity contribution in [2.75, 3.05) is 7.11 Å². The van der Waals surface area contributed by atoms with Crippen LogP contribution >= 0.6 is 0 Å². The van der Waals surface area contributed by atoms with Gasteiger partial charge in [-0.25, -0.2) is 4.79 Å². The van der Waals surface area contributed by atoms with Gasteiger partial charge in [0.05, 0.1) is 11.1 Å². The predicted octanol–water partition coefficient (Wildman–Crippen LogP) is 1.69. The first kappa shape index (κ1) is 19.7. The minimum atomic E-state index is -1.45. The van der Waals surface area contributed by atoms with Crippen molar-refractivity contribution in [3.63, 3.8) is 0 Å². The number of nitrogens with zero attached hydrogens (tertiary/aromatic N) is 2. The summed E-state index contributed by atoms with van der Waals surface area (Å²) >= 11 is 0. The zero-order valence-electron chi connectivity index (χ0n) is 14.2. The van der Waals surface area contributed by atoms with Crippen molar-refractivity contribution in [1.29, 1.82) is 0 Å². The number of aliphatic carboxylic acids is 1. The van der Waals surface area contributed by atoms with Gasteiger partial charge in [0.25, 0.3) is 11.8 Å². The summed E-state index contributed by atoms with van der Waals surface area (Å²) in [6.45, 7) is 0. The molecule has 0 aliphatic carbocycles. The summed E-state index contributed by atoms with van der Waals surface area (Å²) in [6.07, 6.45) is -0.219. The summed E-state index contributed by atoms with van der Waals surface area (Å²) in [6, 6.07) is 8.47. The first-order valence-corrected chi connectivity index (χ1v) is 7.73. The van der Waals surface area contributed by atoms with E-state index in [1.807, 2.05) is 0 Å². The Hall–Kier alpha value is -3.59. The van der Waals surface area contributed by atoms with Crippen LogP contribution in [0.3, 0.4) is 0 Å². The number of benzene rings is 2. The average Bonchev–Trinajstić information content (AvgIpc) is 2.93. The molecule has 1 atom stereocenters. The van der Waals surface area contributed by atoms with Gasteiger partial charge in [0.2, 0.25) is 0 Å². The van der Waals surface area contributed by atoms with Crippen LogP contribution in [0.25, 0.3) is 0 Å². The molecule has 27 heavy (non-hydrogen) atoms. The molecule has 0 bridgehead atoms. The van der Waals surface area contributed by atoms with Crippen LogP contribution in [0.2, 0.25) is 0 Å². The number of carbonyl (C=O) groups excluding carboxylic acids is 2. The quantitative estimate of drug-likeness (QED) is 0.535. The molecule has 0 saturated carbocycles. The van der Waals surface area contributed by atoms with Crippen molar-refractivity contribution in [2.24, 2.45) is 5.18 Å². The van der Waals surface area contributed by atoms with Gasteiger partial charge in [-0.2, -0.15) is 0 Å². The summed E-state index contributed by atoms with van der Waals surface area (Å²) in [5.41, 5.74) is 0.403. The van der Waals surface area contributed by atoms with Crippen LogP contribution in [0, 0.1) is 4.91 Å². The molecule has 140 valence electrons. The van der Waals surface area contributed by atoms with Crippen LogP contribution in [0.4, 0.5) is 5.69 Å². The second-order valence-corrected chi connectivity index (χ2v) is 5.50. The zero-order chi connectivity index (χ0) is 20.1. The fourth-order valence-corrected chi connectivity index (χ4v) is 2.77. The molecule has 1 aliphatic heterocycles. The maximum absolute atomic E-state index is 12.5. The van der Waals surface area contributed by atoms with E-state index in [0.29, 0.717) is 10.5 Å². The van der Waals surface area contributed by atoms with E-state index < -0.39 is 23.8 Å². The largest absolute Gasteiger partial charge is 0.506 e. The van der Waals surface area contributed by atoms with Crippen molar-refractivity contribution >= 4 is 23.5 Å². The number of carboxylic acids is 1. The summed E-state index contributed by atoms with van der Waals surface area (Å²) in [7, 11) is 1.00. The molecule has 0 radical (unpaired) electrons. The zero-order valence-corrected chi connectivity index (χ0v) is 14.2. The Balaban J connectivity index is 0.00000126. The Morgan fingerprint density at radius 1 is 1.07 bits per heavy atom. The van der Waals surface area contributed by atoms with Gasteiger partial charge in [0, 0.05) is 13.5 Å². The van der Waals surface area contributed by atoms with Crippen LogP contribution in [-0.2, 0) is 11.2 Å². The van der Waals surface area contributed by atoms with E-state index in [1.165, 1.54) is 30.3 Å². The third-order valence-corrected chi connectivity index (χ3v) is 3.99. The van der Waals surface area contributed by atoms with Crippen LogP contribution < -0.4 is 0 Å². The lowest BCUT2D eigenvalue weighted by Crippen LogP contribution is -2.46. The van der Waals surface area contributed by atoms with Gasteiger partial charge >= 0.3 is 5.97 Å². The first-order valence-electron chi connectivity index (χ1n) is 7.73. The molecule has 0 saturated heterocycles. The van der Waals surface area contributed by atoms with E-state index in [4.69, 9.17) is 5.11 Å². The number of phenols is 1. The Morgan fingerprint density at radius 3 is 2.11 bits per heavy atom. The van der Waals surface area contributed by atoms with Gasteiger partial charge in [-0.05, 0) is 35.0 Å². The number of carbonyl (C=O) groups is 3. The smallest absolute Gasteiger partial charge is 0.327 e. The highest BCUT2D eigenvalue weighted by Crippen LogP contribution is 2.29. The number of aliphatic hydroxyl groups excluding tert-OH is 1. The van der Waals surface area contributed by atoms with E-state index in [9.17, 15) is 29.5 Å². The molecule has 2 amide bonds. The molecular formula is C18H16N2O7. The van der Waals surface area contributed by atoms with E-state index in [2.05, 4.69) is 5.18 Å². The van der Waals surface area contributed by atoms with E-state index in [0.717, 1.165) is 7.11 Å². The predicted molar refractivity (Wildman–Crippen MR) is 93.8 cm³/mol. The van der Waals surface area contributed by atoms with Crippen molar-refractivity contribution in [2.45, 2.75) is 12.5 Å². The summed E-state index contributed by atoms with van der Waals surface area (Å²) in [5, 5.41) is 28.6. The van der Waals surface area contributed by atoms with Gasteiger partial charge in [-0.3, -0.25) is 14.5 Å². The topological polar surface area (TPSA) is 145 Å². The molecule has 0 aromatic heterocycles. The number of aromatic hydroxyl groups is 1. The Labute approximate surface area is 153 Å². The molecule has 1 heterocycles. The number of rotatable bonds is 5. The normalized spacial score (nSPS) is 13.5. The van der Waals surface area contributed by atoms with Crippen molar-refractivity contribution < 1.29 is 29.7 Å². The van der Waals surface area contributed by atoms with Gasteiger partial charge < -0.3 is 15.3 Å². The second kappa shape index (κ2) is 8.19. The van der Waals surface area contributed by atoms with E-state index in [1.54, 1.807) is 12.1 Å². The molecular weight excluding hydrogens is 356 g/mol. The van der Waals surface area contributed by atoms with Crippen LogP contribution in [0.5, 0.6) is 5.75 Å². The molecule has 0 fully saturated rings. The molecule has 1 aliphatic rings. The highest BCUT2D eigenvalue weighted by molar-refractivity contribution is 6.22. The van der Waals surface area contributed by atoms with E-state index >= 15 is 0 Å². The van der Waals surface area contributed by atoms with Crippen LogP contribution in [-0.4, -0.2) is 51.2 Å². The molecule has 9 heteroatoms. The Bertz CT molecular complexity index is 875. The summed E-state index contributed by atoms with van der Waals surface area (Å²) in [4.78, 5) is 47.9. The Morgan fingerprint density at radius 2 is 1.63 bits per heavy atom. The number of aliphatic hydroxyl groups is 1. The third-order valence-electron chi connectivity index (χ3n) is 3.99. The fourth-order valence-electron chi connectivity index (χ4n) is 2.77. The molecule has 3 N–H and O–H groups in total. The number of carboxylic acid groups (broad SMARTS) is 1. The van der Waals surface area contributed by atoms with Crippen LogP contribution in [0.1, 0.15) is 26.3 Å². The third kappa shape index (κ3) is 3.67. The Kier molecular flexibility index (Phi) is 5.99. The van der Waals surface area contributed by atoms with Gasteiger partial charge in [-0.1, -0.05) is 18.2 Å². The first-order chi connectivity index (χ1) is 12.9. The lowest BCUT2D eigenvalue weighted by molar-refractivity contribution is -0.141. The minimum Gasteiger partial charge on any atom is -0.506 e. The van der Waals surface area contributed by atoms with Gasteiger partial charge in [0.15, 0.2) is 0 Å². The highest BCUT2D eigenvalue weighted by atomic mass is 16.4. The minimum absolute atomic E-state index is 0.153. The molecule has 3 rings (SSSR count). The second-order valence-electron chi connectivity index (χ2n) is 5.50. The van der Waals surface area contributed by atoms with Crippen LogP contribution in [0.15, 0.2) is 47.6 Å². The lowest BCUT2D eigenvalue weighted by Gasteiger charge is -2.22. The fraction of sp³-hybridized carbons (Fsp3) is 0.167. The molecule has 9 nitrogen and oxygen atoms in total. The monoisotopic (exact) mass is 372 g/mol. The van der Waals surface area contributed by atoms with Gasteiger partial charge in [-0.15, -0.1) is 4.91 Å². The maximum Gasteiger partial charge on any atom is 0.327 e. The van der Waals surface area contributed by atoms with E-state index in [-0.39, 0.29) is 29.0 Å². The molecule has 2 aromatic rings. The number of imide groups is 1.